The van der Waals surface area contributed by atoms with Gasteiger partial charge in [0.2, 0.25) is 5.95 Å². The number of halogens is 3. The first-order chi connectivity index (χ1) is 17.3. The fourth-order valence-electron chi connectivity index (χ4n) is 5.21. The maximum Gasteiger partial charge on any atom is 0.416 e. The summed E-state index contributed by atoms with van der Waals surface area (Å²) in [5.74, 6) is 1.09. The van der Waals surface area contributed by atoms with Crippen molar-refractivity contribution in [1.29, 1.82) is 0 Å². The molecule has 1 aromatic carbocycles. The van der Waals surface area contributed by atoms with Crippen molar-refractivity contribution in [2.24, 2.45) is 0 Å². The summed E-state index contributed by atoms with van der Waals surface area (Å²) in [6.07, 6.45) is -1.98. The Morgan fingerprint density at radius 1 is 1.17 bits per heavy atom. The number of nitrogens with one attached hydrogen (secondary N) is 1. The quantitative estimate of drug-likeness (QED) is 0.549. The molecule has 0 bridgehead atoms. The Balaban J connectivity index is 1.34. The first-order valence-corrected chi connectivity index (χ1v) is 12.2. The number of ether oxygens (including phenoxy) is 1. The average molecular weight is 504 g/mol. The van der Waals surface area contributed by atoms with E-state index in [2.05, 4.69) is 32.1 Å². The molecular weight excluding hydrogens is 475 g/mol. The zero-order valence-electron chi connectivity index (χ0n) is 19.8. The Hall–Kier alpha value is -2.96. The van der Waals surface area contributed by atoms with Gasteiger partial charge >= 0.3 is 6.18 Å². The Morgan fingerprint density at radius 3 is 2.69 bits per heavy atom. The van der Waals surface area contributed by atoms with Crippen molar-refractivity contribution >= 4 is 22.8 Å². The Morgan fingerprint density at radius 2 is 1.97 bits per heavy atom. The van der Waals surface area contributed by atoms with Crippen LogP contribution in [0, 0.1) is 0 Å². The molecule has 12 heteroatoms. The van der Waals surface area contributed by atoms with E-state index in [1.165, 1.54) is 10.7 Å². The van der Waals surface area contributed by atoms with Crippen molar-refractivity contribution < 1.29 is 23.0 Å². The monoisotopic (exact) mass is 503 g/mol. The number of hydrogen-bond acceptors (Lipinski definition) is 8. The van der Waals surface area contributed by atoms with E-state index in [0.29, 0.717) is 47.7 Å². The van der Waals surface area contributed by atoms with E-state index < -0.39 is 11.7 Å². The van der Waals surface area contributed by atoms with Crippen molar-refractivity contribution in [3.63, 3.8) is 0 Å². The third-order valence-corrected chi connectivity index (χ3v) is 7.32. The van der Waals surface area contributed by atoms with Gasteiger partial charge in [0.1, 0.15) is 5.82 Å². The lowest BCUT2D eigenvalue weighted by atomic mass is 9.90. The van der Waals surface area contributed by atoms with E-state index >= 15 is 0 Å². The molecule has 1 saturated carbocycles. The van der Waals surface area contributed by atoms with E-state index in [4.69, 9.17) is 9.72 Å². The molecule has 36 heavy (non-hydrogen) atoms. The maximum absolute atomic E-state index is 13.3. The Kier molecular flexibility index (Phi) is 5.77. The number of hydrogen-bond donors (Lipinski definition) is 2. The molecule has 2 aliphatic heterocycles. The highest BCUT2D eigenvalue weighted by atomic mass is 19.4. The second kappa shape index (κ2) is 8.86. The standard InChI is InChI=1S/C24H28F3N7O2/c1-14-13-36-6-5-33(14)18-11-32(12-18)21-20-10-28-34(17-4-2-3-15(7-17)24(25,26)27)22(20)31-23(30-21)29-16-8-19(35)9-16/h2-4,7,10,14,16,18-19,35H,5-6,8-9,11-13H2,1H3,(H,29,30,31)/t14-,16?,19?/m1/s1. The summed E-state index contributed by atoms with van der Waals surface area (Å²) in [5, 5.41) is 18.0. The van der Waals surface area contributed by atoms with Gasteiger partial charge < -0.3 is 20.1 Å². The van der Waals surface area contributed by atoms with Gasteiger partial charge in [0.25, 0.3) is 0 Å². The third kappa shape index (κ3) is 4.27. The SMILES string of the molecule is C[C@@H]1COCCN1C1CN(c2nc(NC3CC(O)C3)nc3c2cnn3-c2cccc(C(F)(F)F)c2)C1. The predicted octanol–water partition coefficient (Wildman–Crippen LogP) is 2.68. The minimum atomic E-state index is -4.46. The second-order valence-corrected chi connectivity index (χ2v) is 9.90. The summed E-state index contributed by atoms with van der Waals surface area (Å²) in [5.41, 5.74) is -0.0343. The van der Waals surface area contributed by atoms with Gasteiger partial charge in [-0.15, -0.1) is 0 Å². The average Bonchev–Trinajstić information content (AvgIpc) is 3.22. The minimum absolute atomic E-state index is 0.0496. The normalized spacial score (nSPS) is 25.6. The van der Waals surface area contributed by atoms with Gasteiger partial charge in [0.05, 0.1) is 42.2 Å². The molecule has 0 spiro atoms. The molecule has 3 fully saturated rings. The van der Waals surface area contributed by atoms with Gasteiger partial charge in [0.15, 0.2) is 5.65 Å². The highest BCUT2D eigenvalue weighted by Gasteiger charge is 2.38. The summed E-state index contributed by atoms with van der Waals surface area (Å²) < 4.78 is 47.0. The molecule has 1 atom stereocenters. The summed E-state index contributed by atoms with van der Waals surface area (Å²) in [4.78, 5) is 14.0. The van der Waals surface area contributed by atoms with Crippen LogP contribution in [-0.4, -0.2) is 86.8 Å². The lowest BCUT2D eigenvalue weighted by molar-refractivity contribution is -0.137. The third-order valence-electron chi connectivity index (χ3n) is 7.32. The first-order valence-electron chi connectivity index (χ1n) is 12.2. The number of alkyl halides is 3. The summed E-state index contributed by atoms with van der Waals surface area (Å²) >= 11 is 0. The number of aliphatic hydroxyl groups is 1. The highest BCUT2D eigenvalue weighted by Crippen LogP contribution is 2.34. The van der Waals surface area contributed by atoms with Crippen LogP contribution in [0.2, 0.25) is 0 Å². The summed E-state index contributed by atoms with van der Waals surface area (Å²) in [7, 11) is 0. The van der Waals surface area contributed by atoms with Crippen LogP contribution in [0.25, 0.3) is 16.7 Å². The molecule has 0 unspecified atom stereocenters. The number of benzene rings is 1. The van der Waals surface area contributed by atoms with Gasteiger partial charge in [-0.2, -0.15) is 28.2 Å². The van der Waals surface area contributed by atoms with E-state index in [1.54, 1.807) is 12.3 Å². The van der Waals surface area contributed by atoms with Gasteiger partial charge in [-0.05, 0) is 38.0 Å². The topological polar surface area (TPSA) is 91.6 Å². The molecule has 2 N–H and O–H groups in total. The van der Waals surface area contributed by atoms with Crippen molar-refractivity contribution in [2.75, 3.05) is 43.1 Å². The van der Waals surface area contributed by atoms with E-state index in [1.807, 2.05) is 0 Å². The molecule has 4 heterocycles. The first kappa shape index (κ1) is 23.4. The molecular formula is C24H28F3N7O2. The van der Waals surface area contributed by atoms with E-state index in [0.717, 1.165) is 45.0 Å². The van der Waals surface area contributed by atoms with Crippen LogP contribution in [0.15, 0.2) is 30.5 Å². The van der Waals surface area contributed by atoms with Crippen LogP contribution in [-0.2, 0) is 10.9 Å². The van der Waals surface area contributed by atoms with Crippen LogP contribution in [0.1, 0.15) is 25.3 Å². The summed E-state index contributed by atoms with van der Waals surface area (Å²) in [6, 6.07) is 5.84. The van der Waals surface area contributed by atoms with Gasteiger partial charge in [-0.3, -0.25) is 4.90 Å². The largest absolute Gasteiger partial charge is 0.416 e. The number of fused-ring (bicyclic) bond motifs is 1. The van der Waals surface area contributed by atoms with Gasteiger partial charge in [0, 0.05) is 37.8 Å². The molecule has 6 rings (SSSR count). The molecule has 9 nitrogen and oxygen atoms in total. The fourth-order valence-corrected chi connectivity index (χ4v) is 5.21. The maximum atomic E-state index is 13.3. The van der Waals surface area contributed by atoms with Crippen molar-refractivity contribution in [2.45, 2.75) is 50.2 Å². The van der Waals surface area contributed by atoms with Gasteiger partial charge in [-0.25, -0.2) is 4.68 Å². The van der Waals surface area contributed by atoms with Crippen molar-refractivity contribution in [3.8, 4) is 5.69 Å². The molecule has 3 aliphatic rings. The number of rotatable bonds is 5. The zero-order chi connectivity index (χ0) is 25.0. The van der Waals surface area contributed by atoms with Crippen LogP contribution < -0.4 is 10.2 Å². The molecule has 1 aliphatic carbocycles. The van der Waals surface area contributed by atoms with Crippen LogP contribution in [0.5, 0.6) is 0 Å². The fraction of sp³-hybridized carbons (Fsp3) is 0.542. The number of anilines is 2. The van der Waals surface area contributed by atoms with Gasteiger partial charge in [-0.1, -0.05) is 6.07 Å². The minimum Gasteiger partial charge on any atom is -0.393 e. The molecule has 3 aromatic rings. The predicted molar refractivity (Wildman–Crippen MR) is 127 cm³/mol. The lowest BCUT2D eigenvalue weighted by Crippen LogP contribution is -2.64. The van der Waals surface area contributed by atoms with Crippen molar-refractivity contribution in [3.05, 3.63) is 36.0 Å². The molecule has 2 aromatic heterocycles. The highest BCUT2D eigenvalue weighted by molar-refractivity contribution is 5.89. The summed E-state index contributed by atoms with van der Waals surface area (Å²) in [6.45, 7) is 6.07. The number of nitrogens with zero attached hydrogens (tertiary/aromatic N) is 6. The Labute approximate surface area is 205 Å². The number of aromatic nitrogens is 4. The van der Waals surface area contributed by atoms with E-state index in [9.17, 15) is 18.3 Å². The zero-order valence-corrected chi connectivity index (χ0v) is 19.8. The van der Waals surface area contributed by atoms with Crippen LogP contribution in [0.4, 0.5) is 24.9 Å². The number of aliphatic hydroxyl groups excluding tert-OH is 1. The van der Waals surface area contributed by atoms with Crippen LogP contribution >= 0.6 is 0 Å². The number of morpholine rings is 1. The molecule has 0 radical (unpaired) electrons. The molecule has 0 amide bonds. The van der Waals surface area contributed by atoms with E-state index in [-0.39, 0.29) is 17.8 Å². The lowest BCUT2D eigenvalue weighted by Gasteiger charge is -2.49. The Bertz CT molecular complexity index is 1250. The van der Waals surface area contributed by atoms with Crippen LogP contribution in [0.3, 0.4) is 0 Å². The molecule has 192 valence electrons. The van der Waals surface area contributed by atoms with Crippen molar-refractivity contribution in [1.82, 2.24) is 24.6 Å². The smallest absolute Gasteiger partial charge is 0.393 e. The molecule has 2 saturated heterocycles. The second-order valence-electron chi connectivity index (χ2n) is 9.90.